The number of unbranched alkanes of at least 4 members (excludes halogenated alkanes) is 9. The van der Waals surface area contributed by atoms with Gasteiger partial charge in [0.15, 0.2) is 0 Å². The molecule has 1 aromatic rings. The van der Waals surface area contributed by atoms with E-state index in [9.17, 15) is 4.79 Å². The molecule has 0 heterocycles. The third-order valence-electron chi connectivity index (χ3n) is 8.55. The van der Waals surface area contributed by atoms with Crippen LogP contribution in [-0.4, -0.2) is 18.7 Å². The molecule has 1 N–H and O–H groups in total. The average molecular weight is 467 g/mol. The number of hydrogen-bond acceptors (Lipinski definition) is 3. The topological polar surface area (TPSA) is 50.7 Å². The Balaban J connectivity index is 1.08. The molecule has 0 radical (unpaired) electrons. The Bertz CT molecular complexity index is 750. The fourth-order valence-electron chi connectivity index (χ4n) is 7.10. The molecule has 4 bridgehead atoms. The average Bonchev–Trinajstić information content (AvgIpc) is 2.82. The standard InChI is InChI=1S/C30H46N2O2/c1-2-3-4-5-6-7-8-9-10-11-16-34-28-14-12-24(13-15-28)23-31-32-29(33)30-20-25-17-26(21-30)19-27(18-25)22-30/h12-15,23,25-27H,2-11,16-22H2,1H3,(H,32,33)/b31-23+. The van der Waals surface area contributed by atoms with E-state index in [0.29, 0.717) is 0 Å². The lowest BCUT2D eigenvalue weighted by molar-refractivity contribution is -0.146. The van der Waals surface area contributed by atoms with Gasteiger partial charge in [-0.15, -0.1) is 0 Å². The van der Waals surface area contributed by atoms with Crippen LogP contribution in [0, 0.1) is 23.2 Å². The summed E-state index contributed by atoms with van der Waals surface area (Å²) in [4.78, 5) is 13.0. The zero-order chi connectivity index (χ0) is 23.6. The molecule has 4 aliphatic rings. The zero-order valence-electron chi connectivity index (χ0n) is 21.4. The van der Waals surface area contributed by atoms with Crippen molar-refractivity contribution in [2.75, 3.05) is 6.61 Å². The fraction of sp³-hybridized carbons (Fsp3) is 0.733. The summed E-state index contributed by atoms with van der Waals surface area (Å²) in [6.45, 7) is 3.06. The molecule has 34 heavy (non-hydrogen) atoms. The lowest BCUT2D eigenvalue weighted by Gasteiger charge is -2.55. The van der Waals surface area contributed by atoms with Crippen LogP contribution in [0.2, 0.25) is 0 Å². The molecule has 4 saturated carbocycles. The molecule has 4 nitrogen and oxygen atoms in total. The lowest BCUT2D eigenvalue weighted by atomic mass is 9.49. The Labute approximate surface area is 207 Å². The van der Waals surface area contributed by atoms with Crippen LogP contribution in [0.3, 0.4) is 0 Å². The van der Waals surface area contributed by atoms with Crippen LogP contribution in [0.1, 0.15) is 115 Å². The van der Waals surface area contributed by atoms with Gasteiger partial charge in [-0.05, 0) is 92.5 Å². The van der Waals surface area contributed by atoms with E-state index >= 15 is 0 Å². The third kappa shape index (κ3) is 7.09. The maximum atomic E-state index is 13.0. The van der Waals surface area contributed by atoms with E-state index in [0.717, 1.165) is 61.4 Å². The van der Waals surface area contributed by atoms with Crippen molar-refractivity contribution in [1.82, 2.24) is 5.43 Å². The molecule has 4 aliphatic carbocycles. The van der Waals surface area contributed by atoms with Crippen molar-refractivity contribution in [2.24, 2.45) is 28.3 Å². The van der Waals surface area contributed by atoms with Crippen LogP contribution in [0.15, 0.2) is 29.4 Å². The molecule has 188 valence electrons. The van der Waals surface area contributed by atoms with Crippen molar-refractivity contribution in [2.45, 2.75) is 110 Å². The van der Waals surface area contributed by atoms with Crippen molar-refractivity contribution < 1.29 is 9.53 Å². The minimum atomic E-state index is -0.140. The van der Waals surface area contributed by atoms with Gasteiger partial charge < -0.3 is 4.74 Å². The first-order valence-corrected chi connectivity index (χ1v) is 14.2. The Hall–Kier alpha value is -1.84. The molecule has 4 fully saturated rings. The van der Waals surface area contributed by atoms with E-state index in [2.05, 4.69) is 17.5 Å². The first-order chi connectivity index (χ1) is 16.7. The number of ether oxygens (including phenoxy) is 1. The van der Waals surface area contributed by atoms with Gasteiger partial charge in [0.2, 0.25) is 5.91 Å². The molecule has 0 atom stereocenters. The number of hydrazone groups is 1. The number of carbonyl (C=O) groups is 1. The van der Waals surface area contributed by atoms with Crippen LogP contribution in [0.25, 0.3) is 0 Å². The highest BCUT2D eigenvalue weighted by molar-refractivity contribution is 5.85. The van der Waals surface area contributed by atoms with Crippen LogP contribution in [-0.2, 0) is 4.79 Å². The Morgan fingerprint density at radius 1 is 0.882 bits per heavy atom. The number of rotatable bonds is 15. The highest BCUT2D eigenvalue weighted by Crippen LogP contribution is 2.60. The zero-order valence-corrected chi connectivity index (χ0v) is 21.4. The Kier molecular flexibility index (Phi) is 9.47. The predicted molar refractivity (Wildman–Crippen MR) is 140 cm³/mol. The largest absolute Gasteiger partial charge is 0.494 e. The van der Waals surface area contributed by atoms with E-state index in [1.165, 1.54) is 77.0 Å². The van der Waals surface area contributed by atoms with Crippen LogP contribution >= 0.6 is 0 Å². The molecular weight excluding hydrogens is 420 g/mol. The smallest absolute Gasteiger partial charge is 0.246 e. The second-order valence-corrected chi connectivity index (χ2v) is 11.5. The quantitative estimate of drug-likeness (QED) is 0.164. The number of hydrogen-bond donors (Lipinski definition) is 1. The first kappa shape index (κ1) is 25.3. The van der Waals surface area contributed by atoms with Crippen molar-refractivity contribution in [3.63, 3.8) is 0 Å². The van der Waals surface area contributed by atoms with E-state index in [4.69, 9.17) is 4.74 Å². The van der Waals surface area contributed by atoms with Crippen molar-refractivity contribution in [3.8, 4) is 5.75 Å². The summed E-state index contributed by atoms with van der Waals surface area (Å²) in [6, 6.07) is 8.01. The summed E-state index contributed by atoms with van der Waals surface area (Å²) >= 11 is 0. The van der Waals surface area contributed by atoms with E-state index in [-0.39, 0.29) is 11.3 Å². The van der Waals surface area contributed by atoms with Gasteiger partial charge in [-0.2, -0.15) is 5.10 Å². The second-order valence-electron chi connectivity index (χ2n) is 11.5. The number of nitrogens with one attached hydrogen (secondary N) is 1. The first-order valence-electron chi connectivity index (χ1n) is 14.2. The summed E-state index contributed by atoms with van der Waals surface area (Å²) in [5, 5.41) is 4.29. The fourth-order valence-corrected chi connectivity index (χ4v) is 7.10. The molecule has 0 aliphatic heterocycles. The molecule has 0 aromatic heterocycles. The van der Waals surface area contributed by atoms with E-state index in [1.807, 2.05) is 24.3 Å². The van der Waals surface area contributed by atoms with Gasteiger partial charge in [-0.3, -0.25) is 4.79 Å². The number of benzene rings is 1. The van der Waals surface area contributed by atoms with Gasteiger partial charge in [0.25, 0.3) is 0 Å². The highest BCUT2D eigenvalue weighted by Gasteiger charge is 2.54. The maximum absolute atomic E-state index is 13.0. The lowest BCUT2D eigenvalue weighted by Crippen LogP contribution is -2.52. The van der Waals surface area contributed by atoms with Gasteiger partial charge in [-0.25, -0.2) is 5.43 Å². The summed E-state index contributed by atoms with van der Waals surface area (Å²) in [6.07, 6.45) is 22.4. The molecule has 0 spiro atoms. The number of amides is 1. The summed E-state index contributed by atoms with van der Waals surface area (Å²) in [7, 11) is 0. The van der Waals surface area contributed by atoms with E-state index < -0.39 is 0 Å². The third-order valence-corrected chi connectivity index (χ3v) is 8.55. The minimum absolute atomic E-state index is 0.140. The summed E-state index contributed by atoms with van der Waals surface area (Å²) in [5.74, 6) is 3.38. The summed E-state index contributed by atoms with van der Waals surface area (Å²) in [5.41, 5.74) is 3.72. The Morgan fingerprint density at radius 2 is 1.41 bits per heavy atom. The van der Waals surface area contributed by atoms with Gasteiger partial charge >= 0.3 is 0 Å². The van der Waals surface area contributed by atoms with Crippen molar-refractivity contribution in [3.05, 3.63) is 29.8 Å². The van der Waals surface area contributed by atoms with Crippen LogP contribution < -0.4 is 10.2 Å². The number of carbonyl (C=O) groups excluding carboxylic acids is 1. The molecule has 0 saturated heterocycles. The van der Waals surface area contributed by atoms with Gasteiger partial charge in [0, 0.05) is 0 Å². The maximum Gasteiger partial charge on any atom is 0.246 e. The van der Waals surface area contributed by atoms with Crippen molar-refractivity contribution in [1.29, 1.82) is 0 Å². The predicted octanol–water partition coefficient (Wildman–Crippen LogP) is 7.65. The molecule has 5 rings (SSSR count). The SMILES string of the molecule is CCCCCCCCCCCCOc1ccc(/C=N/NC(=O)C23CC4CC(CC(C4)C2)C3)cc1. The number of nitrogens with zero attached hydrogens (tertiary/aromatic N) is 1. The molecule has 1 aromatic carbocycles. The van der Waals surface area contributed by atoms with Gasteiger partial charge in [0.05, 0.1) is 18.2 Å². The molecular formula is C30H46N2O2. The minimum Gasteiger partial charge on any atom is -0.494 e. The molecule has 4 heteroatoms. The highest BCUT2D eigenvalue weighted by atomic mass is 16.5. The van der Waals surface area contributed by atoms with Gasteiger partial charge in [-0.1, -0.05) is 64.7 Å². The van der Waals surface area contributed by atoms with E-state index in [1.54, 1.807) is 6.21 Å². The van der Waals surface area contributed by atoms with Crippen molar-refractivity contribution >= 4 is 12.1 Å². The monoisotopic (exact) mass is 466 g/mol. The summed E-state index contributed by atoms with van der Waals surface area (Å²) < 4.78 is 5.90. The normalized spacial score (nSPS) is 27.4. The van der Waals surface area contributed by atoms with Gasteiger partial charge in [0.1, 0.15) is 5.75 Å². The molecule has 1 amide bonds. The van der Waals surface area contributed by atoms with Crippen LogP contribution in [0.5, 0.6) is 5.75 Å². The van der Waals surface area contributed by atoms with Crippen LogP contribution in [0.4, 0.5) is 0 Å². The molecule has 0 unspecified atom stereocenters. The second kappa shape index (κ2) is 12.7. The Morgan fingerprint density at radius 3 is 1.97 bits per heavy atom.